The highest BCUT2D eigenvalue weighted by Gasteiger charge is 2.29. The third-order valence-electron chi connectivity index (χ3n) is 5.66. The quantitative estimate of drug-likeness (QED) is 0.177. The standard InChI is InChI=1S/C26H40ClNO5/c1-4-5-6-7-9-13-22(32-3)14-10-8-11-17-25(30)28-19-21(18-27)23-15-12-16-24(26(23)31)33-20(2)29/h8,10,15,18,22,24H,4-7,9,11-14,16-17,19H2,1-3H3,(H,28,30). The van der Waals surface area contributed by atoms with Gasteiger partial charge >= 0.3 is 5.97 Å². The maximum atomic E-state index is 12.6. The Morgan fingerprint density at radius 2 is 2.00 bits per heavy atom. The van der Waals surface area contributed by atoms with Crippen LogP contribution in [0.3, 0.4) is 0 Å². The number of esters is 1. The average molecular weight is 482 g/mol. The van der Waals surface area contributed by atoms with Crippen LogP contribution in [0.25, 0.3) is 0 Å². The zero-order chi connectivity index (χ0) is 24.5. The molecule has 0 aliphatic heterocycles. The number of ether oxygens (including phenoxy) is 2. The van der Waals surface area contributed by atoms with E-state index in [1.54, 1.807) is 13.2 Å². The highest BCUT2D eigenvalue weighted by Crippen LogP contribution is 2.24. The SMILES string of the molecule is CCCCCCCC(CC=CCCC(=O)NCC(=CCl)C1=CCCC(OC(C)=O)C1=O)OC. The Morgan fingerprint density at radius 3 is 2.67 bits per heavy atom. The van der Waals surface area contributed by atoms with E-state index >= 15 is 0 Å². The van der Waals surface area contributed by atoms with Gasteiger partial charge in [-0.15, -0.1) is 0 Å². The number of rotatable bonds is 16. The lowest BCUT2D eigenvalue weighted by Gasteiger charge is -2.22. The number of ketones is 1. The fraction of sp³-hybridized carbons (Fsp3) is 0.654. The predicted octanol–water partition coefficient (Wildman–Crippen LogP) is 5.55. The van der Waals surface area contributed by atoms with Gasteiger partial charge in [-0.1, -0.05) is 68.9 Å². The summed E-state index contributed by atoms with van der Waals surface area (Å²) in [5.74, 6) is -0.884. The van der Waals surface area contributed by atoms with Crippen molar-refractivity contribution in [1.82, 2.24) is 5.32 Å². The van der Waals surface area contributed by atoms with E-state index in [0.717, 1.165) is 12.8 Å². The number of carbonyl (C=O) groups is 3. The van der Waals surface area contributed by atoms with E-state index in [4.69, 9.17) is 21.1 Å². The first kappa shape index (κ1) is 29.1. The molecule has 0 radical (unpaired) electrons. The van der Waals surface area contributed by atoms with Crippen molar-refractivity contribution in [1.29, 1.82) is 0 Å². The number of allylic oxidation sites excluding steroid dienone is 2. The van der Waals surface area contributed by atoms with E-state index in [0.29, 0.717) is 36.8 Å². The molecule has 1 aliphatic carbocycles. The summed E-state index contributed by atoms with van der Waals surface area (Å²) in [6, 6.07) is 0. The van der Waals surface area contributed by atoms with Gasteiger partial charge in [0, 0.05) is 38.1 Å². The van der Waals surface area contributed by atoms with E-state index < -0.39 is 12.1 Å². The van der Waals surface area contributed by atoms with Gasteiger partial charge in [-0.2, -0.15) is 0 Å². The van der Waals surface area contributed by atoms with Gasteiger partial charge in [0.05, 0.1) is 6.10 Å². The first-order valence-electron chi connectivity index (χ1n) is 12.1. The lowest BCUT2D eigenvalue weighted by atomic mass is 9.90. The largest absolute Gasteiger partial charge is 0.454 e. The zero-order valence-electron chi connectivity index (χ0n) is 20.4. The van der Waals surface area contributed by atoms with Crippen molar-refractivity contribution in [2.75, 3.05) is 13.7 Å². The van der Waals surface area contributed by atoms with Gasteiger partial charge in [-0.05, 0) is 37.7 Å². The fourth-order valence-corrected chi connectivity index (χ4v) is 3.94. The molecule has 0 heterocycles. The van der Waals surface area contributed by atoms with Crippen LogP contribution in [0.1, 0.15) is 84.5 Å². The van der Waals surface area contributed by atoms with Gasteiger partial charge in [-0.3, -0.25) is 14.4 Å². The fourth-order valence-electron chi connectivity index (χ4n) is 3.75. The Labute approximate surface area is 203 Å². The molecule has 1 rings (SSSR count). The Balaban J connectivity index is 2.34. The lowest BCUT2D eigenvalue weighted by molar-refractivity contribution is -0.152. The summed E-state index contributed by atoms with van der Waals surface area (Å²) in [4.78, 5) is 36.0. The Morgan fingerprint density at radius 1 is 1.24 bits per heavy atom. The maximum Gasteiger partial charge on any atom is 0.303 e. The minimum atomic E-state index is -0.790. The molecule has 0 saturated heterocycles. The highest BCUT2D eigenvalue weighted by molar-refractivity contribution is 6.26. The summed E-state index contributed by atoms with van der Waals surface area (Å²) in [6.07, 6.45) is 15.5. The first-order valence-corrected chi connectivity index (χ1v) is 12.5. The molecule has 1 amide bonds. The summed E-state index contributed by atoms with van der Waals surface area (Å²) in [6.45, 7) is 3.65. The number of Topliss-reactive ketones (excluding diaryl/α,β-unsaturated/α-hetero) is 1. The molecule has 2 atom stereocenters. The first-order chi connectivity index (χ1) is 15.9. The third kappa shape index (κ3) is 12.2. The molecule has 0 aromatic heterocycles. The minimum absolute atomic E-state index is 0.115. The predicted molar refractivity (Wildman–Crippen MR) is 132 cm³/mol. The van der Waals surface area contributed by atoms with Gasteiger partial charge < -0.3 is 14.8 Å². The smallest absolute Gasteiger partial charge is 0.303 e. The number of unbranched alkanes of at least 4 members (excludes halogenated alkanes) is 4. The van der Waals surface area contributed by atoms with Crippen LogP contribution in [0, 0.1) is 0 Å². The molecule has 0 spiro atoms. The van der Waals surface area contributed by atoms with Crippen LogP contribution in [0.4, 0.5) is 0 Å². The van der Waals surface area contributed by atoms with Crippen LogP contribution in [0.15, 0.2) is 34.9 Å². The number of hydrogen-bond acceptors (Lipinski definition) is 5. The Bertz CT molecular complexity index is 713. The van der Waals surface area contributed by atoms with Gasteiger partial charge in [0.15, 0.2) is 6.10 Å². The molecule has 0 saturated carbocycles. The van der Waals surface area contributed by atoms with Gasteiger partial charge in [0.2, 0.25) is 11.7 Å². The number of amides is 1. The second kappa shape index (κ2) is 17.5. The molecule has 7 heteroatoms. The van der Waals surface area contributed by atoms with Crippen molar-refractivity contribution in [3.63, 3.8) is 0 Å². The summed E-state index contributed by atoms with van der Waals surface area (Å²) in [5, 5.41) is 2.81. The maximum absolute atomic E-state index is 12.6. The van der Waals surface area contributed by atoms with Crippen molar-refractivity contribution in [3.05, 3.63) is 34.9 Å². The monoisotopic (exact) mass is 481 g/mol. The number of carbonyl (C=O) groups excluding carboxylic acids is 3. The van der Waals surface area contributed by atoms with Crippen molar-refractivity contribution >= 4 is 29.3 Å². The average Bonchev–Trinajstić information content (AvgIpc) is 2.79. The van der Waals surface area contributed by atoms with Gasteiger partial charge in [0.25, 0.3) is 0 Å². The second-order valence-electron chi connectivity index (χ2n) is 8.37. The van der Waals surface area contributed by atoms with Crippen molar-refractivity contribution < 1.29 is 23.9 Å². The number of nitrogens with one attached hydrogen (secondary N) is 1. The molecule has 0 fully saturated rings. The molecular weight excluding hydrogens is 442 g/mol. The molecular formula is C26H40ClNO5. The molecule has 1 N–H and O–H groups in total. The van der Waals surface area contributed by atoms with Gasteiger partial charge in [0.1, 0.15) is 0 Å². The summed E-state index contributed by atoms with van der Waals surface area (Å²) < 4.78 is 10.6. The molecule has 0 bridgehead atoms. The highest BCUT2D eigenvalue weighted by atomic mass is 35.5. The van der Waals surface area contributed by atoms with Crippen molar-refractivity contribution in [2.24, 2.45) is 0 Å². The molecule has 33 heavy (non-hydrogen) atoms. The van der Waals surface area contributed by atoms with Crippen LogP contribution < -0.4 is 5.32 Å². The third-order valence-corrected chi connectivity index (χ3v) is 5.93. The number of methoxy groups -OCH3 is 1. The molecule has 2 unspecified atom stereocenters. The van der Waals surface area contributed by atoms with Crippen LogP contribution in [-0.2, 0) is 23.9 Å². The Hall–Kier alpha value is -1.92. The molecule has 0 aromatic rings. The Kier molecular flexibility index (Phi) is 15.5. The van der Waals surface area contributed by atoms with E-state index in [1.807, 2.05) is 6.08 Å². The van der Waals surface area contributed by atoms with E-state index in [1.165, 1.54) is 44.6 Å². The topological polar surface area (TPSA) is 81.7 Å². The minimum Gasteiger partial charge on any atom is -0.454 e. The molecule has 1 aliphatic rings. The summed E-state index contributed by atoms with van der Waals surface area (Å²) >= 11 is 5.92. The van der Waals surface area contributed by atoms with Crippen LogP contribution >= 0.6 is 11.6 Å². The van der Waals surface area contributed by atoms with Crippen molar-refractivity contribution in [3.8, 4) is 0 Å². The molecule has 186 valence electrons. The normalized spacial score (nSPS) is 17.7. The van der Waals surface area contributed by atoms with Crippen LogP contribution in [0.2, 0.25) is 0 Å². The van der Waals surface area contributed by atoms with Gasteiger partial charge in [-0.25, -0.2) is 0 Å². The van der Waals surface area contributed by atoms with E-state index in [2.05, 4.69) is 18.3 Å². The number of hydrogen-bond donors (Lipinski definition) is 1. The molecule has 6 nitrogen and oxygen atoms in total. The lowest BCUT2D eigenvalue weighted by Crippen LogP contribution is -2.33. The summed E-state index contributed by atoms with van der Waals surface area (Å²) in [7, 11) is 1.75. The number of halogens is 1. The van der Waals surface area contributed by atoms with E-state index in [9.17, 15) is 14.4 Å². The zero-order valence-corrected chi connectivity index (χ0v) is 21.1. The van der Waals surface area contributed by atoms with E-state index in [-0.39, 0.29) is 24.3 Å². The van der Waals surface area contributed by atoms with Crippen molar-refractivity contribution in [2.45, 2.75) is 96.7 Å². The second-order valence-corrected chi connectivity index (χ2v) is 8.59. The molecule has 0 aromatic carbocycles. The summed E-state index contributed by atoms with van der Waals surface area (Å²) in [5.41, 5.74) is 2.22. The van der Waals surface area contributed by atoms with Crippen LogP contribution in [-0.4, -0.2) is 43.5 Å². The van der Waals surface area contributed by atoms with Crippen LogP contribution in [0.5, 0.6) is 0 Å².